The molecule has 0 spiro atoms. The molecule has 0 saturated carbocycles. The quantitative estimate of drug-likeness (QED) is 0.0199. The lowest BCUT2D eigenvalue weighted by molar-refractivity contribution is -0.884. The monoisotopic (exact) mass is 2260 g/mol. The number of hydrogen-bond donors (Lipinski definition) is 1. The minimum absolute atomic E-state index is 0. The molecule has 0 bridgehead atoms. The summed E-state index contributed by atoms with van der Waals surface area (Å²) in [6, 6.07) is 83.8. The molecule has 136 heavy (non-hydrogen) atoms. The van der Waals surface area contributed by atoms with Crippen molar-refractivity contribution in [3.05, 3.63) is 305 Å². The normalized spacial score (nSPS) is 13.0. The van der Waals surface area contributed by atoms with Crippen molar-refractivity contribution in [3.8, 4) is 17.2 Å². The number of rotatable bonds is 29. The van der Waals surface area contributed by atoms with Crippen molar-refractivity contribution in [2.24, 2.45) is 0 Å². The average Bonchev–Trinajstić information content (AvgIpc) is 0.723. The van der Waals surface area contributed by atoms with Gasteiger partial charge in [0.1, 0.15) is 43.6 Å². The van der Waals surface area contributed by atoms with Crippen molar-refractivity contribution in [2.45, 2.75) is 158 Å². The highest BCUT2D eigenvalue weighted by Gasteiger charge is 2.85. The first kappa shape index (κ1) is 118. The minimum atomic E-state index is -7.63. The van der Waals surface area contributed by atoms with E-state index in [1.165, 1.54) is 74.6 Å². The Morgan fingerprint density at radius 3 is 0.772 bits per heavy atom. The maximum Gasteiger partial charge on any atom is 0.460 e. The van der Waals surface area contributed by atoms with Crippen molar-refractivity contribution in [1.82, 2.24) is 0 Å². The van der Waals surface area contributed by atoms with Crippen molar-refractivity contribution in [2.75, 3.05) is 60.8 Å². The number of alkyl halides is 18. The molecule has 0 heterocycles. The third kappa shape index (κ3) is 32.9. The lowest BCUT2D eigenvalue weighted by atomic mass is 9.87. The summed E-state index contributed by atoms with van der Waals surface area (Å²) in [5.74, 6) is -29.2. The number of sulfonamides is 2. The molecule has 0 amide bonds. The smallest absolute Gasteiger partial charge is 0.460 e. The summed E-state index contributed by atoms with van der Waals surface area (Å²) in [4.78, 5) is 0. The zero-order valence-electron chi connectivity index (χ0n) is 75.9. The largest absolute Gasteiger partial charge is 1.00 e. The second-order valence-corrected chi connectivity index (χ2v) is 47.1. The standard InChI is InChI=1S/2C20H26I.2C16H11F9NO6S2.C12H12O2.C10H16N.ClH/c2*1-19(2,3)15-7-11-17(12-8-15)21-18-13-9-16(10-14-18)20(4,5)6;2*17-13(18,15(21,22)23)14(19,20)16(24,25)33(27,28)26-34(29,30)32-9-8-31-12-7-3-5-10-4-1-2-6-11(10)12;13-8-9-14-12-7-3-5-10-4-1-2-6-11(10)12;1-11(2,3)9-10-7-5-4-6-8-10;/h2*7-14H,1-6H3;2*1-7H,8-9H2;1-7,13H,8-9H2;4-8H,9H2,1-3H3;1H/q2*+1;2*-1;;+1;/p-1. The molecule has 0 aliphatic carbocycles. The molecule has 0 fully saturated rings. The van der Waals surface area contributed by atoms with Crippen LogP contribution in [0.4, 0.5) is 79.0 Å². The van der Waals surface area contributed by atoms with Gasteiger partial charge in [0.25, 0.3) is 0 Å². The van der Waals surface area contributed by atoms with Crippen LogP contribution in [-0.4, -0.2) is 151 Å². The Labute approximate surface area is 807 Å². The first-order chi connectivity index (χ1) is 61.9. The summed E-state index contributed by atoms with van der Waals surface area (Å²) in [5.41, 5.74) is 8.03. The molecule has 11 aromatic carbocycles. The lowest BCUT2D eigenvalue weighted by Gasteiger charge is -2.36. The van der Waals surface area contributed by atoms with E-state index in [9.17, 15) is 113 Å². The first-order valence-electron chi connectivity index (χ1n) is 40.5. The molecule has 0 saturated heterocycles. The number of halogens is 21. The molecule has 0 radical (unpaired) electrons. The van der Waals surface area contributed by atoms with Crippen molar-refractivity contribution >= 4 is 73.0 Å². The molecule has 0 unspecified atom stereocenters. The summed E-state index contributed by atoms with van der Waals surface area (Å²) in [6.45, 7) is 25.0. The van der Waals surface area contributed by atoms with Crippen LogP contribution in [-0.2, 0) is 77.2 Å². The Hall–Kier alpha value is -8.35. The summed E-state index contributed by atoms with van der Waals surface area (Å²) in [5, 5.41) is -1.23. The van der Waals surface area contributed by atoms with Crippen LogP contribution in [0.25, 0.3) is 40.6 Å². The second-order valence-electron chi connectivity index (χ2n) is 34.8. The van der Waals surface area contributed by atoms with Gasteiger partial charge in [0.05, 0.1) is 41.0 Å². The van der Waals surface area contributed by atoms with Gasteiger partial charge in [-0.1, -0.05) is 271 Å². The minimum Gasteiger partial charge on any atom is -1.00 e. The maximum absolute atomic E-state index is 13.5. The fraction of sp³-hybridized carbons (Fsp3) is 0.362. The van der Waals surface area contributed by atoms with Crippen LogP contribution in [0.3, 0.4) is 0 Å². The van der Waals surface area contributed by atoms with Crippen molar-refractivity contribution in [3.63, 3.8) is 0 Å². The Morgan fingerprint density at radius 1 is 0.301 bits per heavy atom. The average molecular weight is 2260 g/mol. The fourth-order valence-electron chi connectivity index (χ4n) is 11.6. The fourth-order valence-corrected chi connectivity index (χ4v) is 20.4. The number of aliphatic hydroxyl groups is 1. The maximum atomic E-state index is 13.5. The Morgan fingerprint density at radius 2 is 0.537 bits per heavy atom. The van der Waals surface area contributed by atoms with Gasteiger partial charge in [0.2, 0.25) is 20.6 Å². The Bertz CT molecular complexity index is 5740. The predicted octanol–water partition coefficient (Wildman–Crippen LogP) is 15.1. The summed E-state index contributed by atoms with van der Waals surface area (Å²) in [6.07, 6.45) is -14.6. The summed E-state index contributed by atoms with van der Waals surface area (Å²) in [7, 11) is -20.5. The van der Waals surface area contributed by atoms with Crippen LogP contribution in [0, 0.1) is 14.3 Å². The number of aliphatic hydroxyl groups excluding tert-OH is 1. The number of hydrogen-bond acceptors (Lipinski definition) is 14. The molecule has 11 aromatic rings. The van der Waals surface area contributed by atoms with Crippen molar-refractivity contribution < 1.29 is 200 Å². The van der Waals surface area contributed by atoms with E-state index in [4.69, 9.17) is 19.3 Å². The molecule has 748 valence electrons. The van der Waals surface area contributed by atoms with Crippen LogP contribution >= 0.6 is 0 Å². The summed E-state index contributed by atoms with van der Waals surface area (Å²) >= 11 is -0.141. The van der Waals surface area contributed by atoms with E-state index in [-0.39, 0.29) is 94.6 Å². The number of ether oxygens (including phenoxy) is 3. The van der Waals surface area contributed by atoms with Crippen LogP contribution in [0.1, 0.15) is 111 Å². The van der Waals surface area contributed by atoms with Gasteiger partial charge in [0.15, 0.2) is 34.3 Å². The molecular weight excluding hydrogens is 2150 g/mol. The third-order valence-electron chi connectivity index (χ3n) is 18.8. The summed E-state index contributed by atoms with van der Waals surface area (Å²) < 4.78 is 355. The van der Waals surface area contributed by atoms with E-state index in [1.807, 2.05) is 42.5 Å². The first-order valence-corrected chi connectivity index (χ1v) is 50.4. The highest BCUT2D eigenvalue weighted by atomic mass is 127. The number of benzene rings is 11. The van der Waals surface area contributed by atoms with E-state index in [0.29, 0.717) is 28.2 Å². The molecule has 0 aliphatic rings. The van der Waals surface area contributed by atoms with E-state index < -0.39 is 114 Å². The van der Waals surface area contributed by atoms with E-state index in [1.54, 1.807) is 60.7 Å². The number of fused-ring (bicyclic) bond motifs is 3. The zero-order valence-corrected chi connectivity index (χ0v) is 84.2. The van der Waals surface area contributed by atoms with Gasteiger partial charge in [-0.25, -0.2) is 33.7 Å². The topological polar surface area (TPSA) is 231 Å². The van der Waals surface area contributed by atoms with E-state index >= 15 is 0 Å². The van der Waals surface area contributed by atoms with E-state index in [2.05, 4.69) is 240 Å². The van der Waals surface area contributed by atoms with Crippen LogP contribution in [0.2, 0.25) is 0 Å². The molecule has 1 N–H and O–H groups in total. The molecule has 0 atom stereocenters. The van der Waals surface area contributed by atoms with Gasteiger partial charge in [-0.2, -0.15) is 79.0 Å². The van der Waals surface area contributed by atoms with Crippen LogP contribution < -0.4 is 69.0 Å². The molecular formula is C94H102ClF18I2N3O14S4. The lowest BCUT2D eigenvalue weighted by Crippen LogP contribution is -3.61. The Balaban J connectivity index is 0.000000299. The highest BCUT2D eigenvalue weighted by molar-refractivity contribution is 8.11. The van der Waals surface area contributed by atoms with Crippen LogP contribution in [0.15, 0.2) is 255 Å². The molecule has 0 aliphatic heterocycles. The van der Waals surface area contributed by atoms with Gasteiger partial charge in [-0.3, -0.25) is 8.37 Å². The van der Waals surface area contributed by atoms with Gasteiger partial charge >= 0.3 is 89.0 Å². The van der Waals surface area contributed by atoms with Gasteiger partial charge in [0, 0.05) is 21.7 Å². The van der Waals surface area contributed by atoms with Gasteiger partial charge < -0.3 is 44.5 Å². The number of quaternary nitrogens is 1. The SMILES string of the molecule is CC(C)(C)c1ccc([I+]c2ccc(C(C)(C)C)cc2)cc1.CC(C)(C)c1ccc([I+]c2ccc(C(C)(C)C)cc2)cc1.C[N+](C)(C)Cc1ccccc1.O=S(=O)([N-]S(=O)(=O)C(F)(F)C(F)(F)C(F)(F)C(F)(F)F)OCCOc1cccc2ccccc12.O=S(=O)([N-]S(=O)(=O)C(F)(F)C(F)(F)C(F)(F)C(F)(F)F)OCCOc1cccc2ccccc12.OCCOc1cccc2ccccc12.[Cl-]. The predicted molar refractivity (Wildman–Crippen MR) is 475 cm³/mol. The number of nitrogens with zero attached hydrogens (tertiary/aromatic N) is 3. The van der Waals surface area contributed by atoms with Gasteiger partial charge in [-0.15, -0.1) is 0 Å². The highest BCUT2D eigenvalue weighted by Crippen LogP contribution is 2.58. The van der Waals surface area contributed by atoms with Crippen molar-refractivity contribution in [1.29, 1.82) is 0 Å². The Kier molecular flexibility index (Phi) is 41.1. The second kappa shape index (κ2) is 47.3. The molecule has 11 rings (SSSR count). The van der Waals surface area contributed by atoms with E-state index in [0.717, 1.165) is 27.5 Å². The van der Waals surface area contributed by atoms with Gasteiger partial charge in [-0.05, 0) is 127 Å². The molecule has 17 nitrogen and oxygen atoms in total. The zero-order chi connectivity index (χ0) is 102. The molecule has 0 aromatic heterocycles. The third-order valence-corrected chi connectivity index (χ3v) is 29.9. The molecule has 42 heteroatoms. The van der Waals surface area contributed by atoms with Crippen LogP contribution in [0.5, 0.6) is 17.2 Å².